The van der Waals surface area contributed by atoms with Crippen LogP contribution in [-0.4, -0.2) is 46.0 Å². The number of allylic oxidation sites excluding steroid dienone is 6. The number of ketones is 2. The molecule has 38 heavy (non-hydrogen) atoms. The molecule has 2 amide bonds. The molecular formula is C31H33NO6. The highest BCUT2D eigenvalue weighted by molar-refractivity contribution is 6.23. The highest BCUT2D eigenvalue weighted by Gasteiger charge is 2.57. The largest absolute Gasteiger partial charge is 0.504 e. The van der Waals surface area contributed by atoms with E-state index < -0.39 is 17.8 Å². The molecule has 1 aliphatic heterocycles. The normalized spacial score (nSPS) is 29.6. The van der Waals surface area contributed by atoms with E-state index in [1.807, 2.05) is 13.0 Å². The van der Waals surface area contributed by atoms with Crippen molar-refractivity contribution in [2.75, 3.05) is 6.61 Å². The fourth-order valence-corrected chi connectivity index (χ4v) is 7.47. The second kappa shape index (κ2) is 9.37. The summed E-state index contributed by atoms with van der Waals surface area (Å²) in [4.78, 5) is 55.9. The lowest BCUT2D eigenvalue weighted by Gasteiger charge is -2.42. The van der Waals surface area contributed by atoms with Gasteiger partial charge in [0.2, 0.25) is 11.8 Å². The van der Waals surface area contributed by atoms with Crippen LogP contribution >= 0.6 is 0 Å². The fourth-order valence-electron chi connectivity index (χ4n) is 7.47. The van der Waals surface area contributed by atoms with Crippen molar-refractivity contribution in [3.8, 4) is 11.5 Å². The van der Waals surface area contributed by atoms with Crippen molar-refractivity contribution in [3.05, 3.63) is 58.2 Å². The van der Waals surface area contributed by atoms with E-state index in [0.717, 1.165) is 43.2 Å². The first-order valence-electron chi connectivity index (χ1n) is 13.8. The van der Waals surface area contributed by atoms with Gasteiger partial charge in [-0.2, -0.15) is 0 Å². The summed E-state index contributed by atoms with van der Waals surface area (Å²) in [7, 11) is 0. The van der Waals surface area contributed by atoms with Gasteiger partial charge in [0, 0.05) is 28.7 Å². The summed E-state index contributed by atoms with van der Waals surface area (Å²) < 4.78 is 5.63. The molecule has 7 nitrogen and oxygen atoms in total. The molecule has 1 aromatic rings. The van der Waals surface area contributed by atoms with Crippen LogP contribution in [0.3, 0.4) is 0 Å². The van der Waals surface area contributed by atoms with Gasteiger partial charge in [0.1, 0.15) is 0 Å². The predicted molar refractivity (Wildman–Crippen MR) is 139 cm³/mol. The van der Waals surface area contributed by atoms with Crippen molar-refractivity contribution >= 4 is 23.4 Å². The maximum Gasteiger partial charge on any atom is 0.233 e. The van der Waals surface area contributed by atoms with Crippen molar-refractivity contribution in [2.45, 2.75) is 70.8 Å². The number of Topliss-reactive ketones (excluding diaryl/α,β-unsaturated/α-hetero) is 1. The molecule has 0 radical (unpaired) electrons. The van der Waals surface area contributed by atoms with Gasteiger partial charge in [0.05, 0.1) is 18.4 Å². The van der Waals surface area contributed by atoms with Crippen molar-refractivity contribution < 1.29 is 29.0 Å². The topological polar surface area (TPSA) is 101 Å². The van der Waals surface area contributed by atoms with Crippen LogP contribution in [0.1, 0.15) is 70.3 Å². The monoisotopic (exact) mass is 515 g/mol. The van der Waals surface area contributed by atoms with E-state index in [-0.39, 0.29) is 47.5 Å². The number of hydrogen-bond donors (Lipinski definition) is 1. The highest BCUT2D eigenvalue weighted by atomic mass is 16.5. The molecule has 0 spiro atoms. The summed E-state index contributed by atoms with van der Waals surface area (Å²) in [5.41, 5.74) is 2.92. The Hall–Kier alpha value is -3.48. The number of rotatable bonds is 4. The molecule has 7 heteroatoms. The SMILES string of the molecule is CCOc1cc([C@H]2C3=CC[C@@H]4C(=O)N(C5CCCCC5)C(=O)[C@@H]4[C@@H]3CC3=C2C(=O)C=C(C)C3=O)ccc1O. The summed E-state index contributed by atoms with van der Waals surface area (Å²) in [5, 5.41) is 10.3. The number of ether oxygens (including phenoxy) is 1. The number of likely N-dealkylation sites (tertiary alicyclic amines) is 1. The van der Waals surface area contributed by atoms with Gasteiger partial charge in [0.25, 0.3) is 0 Å². The minimum absolute atomic E-state index is 0.00340. The number of benzene rings is 1. The van der Waals surface area contributed by atoms with Gasteiger partial charge in [-0.25, -0.2) is 0 Å². The Bertz CT molecular complexity index is 1340. The van der Waals surface area contributed by atoms with Gasteiger partial charge < -0.3 is 9.84 Å². The second-order valence-corrected chi connectivity index (χ2v) is 11.2. The highest BCUT2D eigenvalue weighted by Crippen LogP contribution is 2.56. The minimum Gasteiger partial charge on any atom is -0.504 e. The Labute approximate surface area is 222 Å². The van der Waals surface area contributed by atoms with E-state index in [4.69, 9.17) is 4.74 Å². The summed E-state index contributed by atoms with van der Waals surface area (Å²) in [6.07, 6.45) is 9.03. The van der Waals surface area contributed by atoms with Crippen LogP contribution < -0.4 is 4.74 Å². The average Bonchev–Trinajstić information content (AvgIpc) is 3.17. The molecule has 5 aliphatic rings. The third-order valence-electron chi connectivity index (χ3n) is 9.15. The molecule has 1 N–H and O–H groups in total. The Morgan fingerprint density at radius 1 is 1.03 bits per heavy atom. The van der Waals surface area contributed by atoms with E-state index in [2.05, 4.69) is 0 Å². The first kappa shape index (κ1) is 24.8. The van der Waals surface area contributed by atoms with E-state index >= 15 is 0 Å². The molecule has 198 valence electrons. The molecule has 2 fully saturated rings. The molecule has 1 aromatic carbocycles. The smallest absolute Gasteiger partial charge is 0.233 e. The number of nitrogens with zero attached hydrogens (tertiary/aromatic N) is 1. The molecule has 0 unspecified atom stereocenters. The van der Waals surface area contributed by atoms with Gasteiger partial charge >= 0.3 is 0 Å². The minimum atomic E-state index is -0.545. The first-order chi connectivity index (χ1) is 18.3. The molecule has 4 aliphatic carbocycles. The van der Waals surface area contributed by atoms with Crippen LogP contribution in [0.5, 0.6) is 11.5 Å². The van der Waals surface area contributed by atoms with Gasteiger partial charge in [-0.05, 0) is 69.2 Å². The van der Waals surface area contributed by atoms with Gasteiger partial charge in [-0.1, -0.05) is 37.0 Å². The number of imide groups is 1. The van der Waals surface area contributed by atoms with E-state index in [1.54, 1.807) is 30.0 Å². The molecule has 1 heterocycles. The Morgan fingerprint density at radius 3 is 2.53 bits per heavy atom. The molecule has 0 aromatic heterocycles. The van der Waals surface area contributed by atoms with Crippen molar-refractivity contribution in [1.29, 1.82) is 0 Å². The standard InChI is InChI=1S/C31H33NO6/c1-3-38-25-14-17(9-12-23(25)33)26-19-10-11-20-27(31(37)32(30(20)36)18-7-5-4-6-8-18)21(19)15-22-28(26)24(34)13-16(2)29(22)35/h9-10,12-14,18,20-21,26-27,33H,3-8,11,15H2,1-2H3/t20-,21+,26-,27-/m0/s1. The number of carbonyl (C=O) groups is 4. The van der Waals surface area contributed by atoms with E-state index in [0.29, 0.717) is 35.5 Å². The Kier molecular flexibility index (Phi) is 6.12. The third-order valence-corrected chi connectivity index (χ3v) is 9.15. The number of phenolic OH excluding ortho intramolecular Hbond substituents is 1. The summed E-state index contributed by atoms with van der Waals surface area (Å²) in [5.74, 6) is -2.10. The van der Waals surface area contributed by atoms with Crippen molar-refractivity contribution in [1.82, 2.24) is 4.90 Å². The molecule has 1 saturated carbocycles. The third kappa shape index (κ3) is 3.69. The van der Waals surface area contributed by atoms with Crippen LogP contribution in [0.15, 0.2) is 52.6 Å². The molecule has 1 saturated heterocycles. The number of phenols is 1. The zero-order valence-corrected chi connectivity index (χ0v) is 21.9. The number of aromatic hydroxyl groups is 1. The predicted octanol–water partition coefficient (Wildman–Crippen LogP) is 4.55. The van der Waals surface area contributed by atoms with Gasteiger partial charge in [0.15, 0.2) is 23.1 Å². The quantitative estimate of drug-likeness (QED) is 0.359. The maximum atomic E-state index is 13.9. The number of fused-ring (bicyclic) bond motifs is 3. The molecule has 0 bridgehead atoms. The Morgan fingerprint density at radius 2 is 1.79 bits per heavy atom. The zero-order chi connectivity index (χ0) is 26.7. The van der Waals surface area contributed by atoms with Crippen LogP contribution in [-0.2, 0) is 19.2 Å². The fraction of sp³-hybridized carbons (Fsp3) is 0.484. The van der Waals surface area contributed by atoms with Crippen LogP contribution in [0, 0.1) is 17.8 Å². The molecule has 4 atom stereocenters. The summed E-state index contributed by atoms with van der Waals surface area (Å²) in [6, 6.07) is 4.98. The number of carbonyl (C=O) groups excluding carboxylic acids is 4. The second-order valence-electron chi connectivity index (χ2n) is 11.2. The lowest BCUT2D eigenvalue weighted by atomic mass is 9.59. The zero-order valence-electron chi connectivity index (χ0n) is 21.9. The van der Waals surface area contributed by atoms with Gasteiger partial charge in [-0.15, -0.1) is 0 Å². The van der Waals surface area contributed by atoms with Crippen molar-refractivity contribution in [3.63, 3.8) is 0 Å². The Balaban J connectivity index is 1.46. The maximum absolute atomic E-state index is 13.9. The van der Waals surface area contributed by atoms with Crippen LogP contribution in [0.2, 0.25) is 0 Å². The van der Waals surface area contributed by atoms with E-state index in [9.17, 15) is 24.3 Å². The van der Waals surface area contributed by atoms with Crippen molar-refractivity contribution in [2.24, 2.45) is 17.8 Å². The number of amides is 2. The van der Waals surface area contributed by atoms with Crippen LogP contribution in [0.4, 0.5) is 0 Å². The molecular weight excluding hydrogens is 482 g/mol. The van der Waals surface area contributed by atoms with Crippen LogP contribution in [0.25, 0.3) is 0 Å². The van der Waals surface area contributed by atoms with Gasteiger partial charge in [-0.3, -0.25) is 24.1 Å². The number of hydrogen-bond acceptors (Lipinski definition) is 6. The average molecular weight is 516 g/mol. The summed E-state index contributed by atoms with van der Waals surface area (Å²) in [6.45, 7) is 3.83. The first-order valence-corrected chi connectivity index (χ1v) is 13.8. The lowest BCUT2D eigenvalue weighted by molar-refractivity contribution is -0.143. The summed E-state index contributed by atoms with van der Waals surface area (Å²) >= 11 is 0. The van der Waals surface area contributed by atoms with E-state index in [1.165, 1.54) is 6.08 Å². The lowest BCUT2D eigenvalue weighted by Crippen LogP contribution is -2.43. The molecule has 6 rings (SSSR count).